The molecular formula is C15H32N2O. The molecule has 3 heteroatoms. The molecular weight excluding hydrogens is 224 g/mol. The van der Waals surface area contributed by atoms with Gasteiger partial charge in [-0.2, -0.15) is 0 Å². The molecule has 0 fully saturated rings. The maximum atomic E-state index is 12.3. The van der Waals surface area contributed by atoms with Gasteiger partial charge in [0.15, 0.2) is 0 Å². The average Bonchev–Trinajstić information content (AvgIpc) is 2.38. The zero-order chi connectivity index (χ0) is 13.8. The van der Waals surface area contributed by atoms with Crippen molar-refractivity contribution in [1.82, 2.24) is 4.90 Å². The minimum Gasteiger partial charge on any atom is -0.342 e. The Morgan fingerprint density at radius 3 is 1.83 bits per heavy atom. The van der Waals surface area contributed by atoms with E-state index >= 15 is 0 Å². The highest BCUT2D eigenvalue weighted by atomic mass is 16.2. The lowest BCUT2D eigenvalue weighted by molar-refractivity contribution is -0.135. The predicted molar refractivity (Wildman–Crippen MR) is 78.5 cm³/mol. The molecule has 0 heterocycles. The number of hydrogen-bond acceptors (Lipinski definition) is 2. The Morgan fingerprint density at radius 2 is 1.50 bits per heavy atom. The third-order valence-electron chi connectivity index (χ3n) is 3.50. The van der Waals surface area contributed by atoms with E-state index in [1.54, 1.807) is 0 Å². The second kappa shape index (κ2) is 11.5. The summed E-state index contributed by atoms with van der Waals surface area (Å²) in [4.78, 5) is 14.4. The first-order chi connectivity index (χ1) is 8.71. The summed E-state index contributed by atoms with van der Waals surface area (Å²) >= 11 is 0. The van der Waals surface area contributed by atoms with Crippen molar-refractivity contribution in [2.45, 2.75) is 65.7 Å². The van der Waals surface area contributed by atoms with Crippen LogP contribution in [0.15, 0.2) is 0 Å². The third-order valence-corrected chi connectivity index (χ3v) is 3.50. The van der Waals surface area contributed by atoms with Crippen LogP contribution in [0.4, 0.5) is 0 Å². The number of carbonyl (C=O) groups is 1. The molecule has 1 amide bonds. The van der Waals surface area contributed by atoms with Crippen molar-refractivity contribution in [3.8, 4) is 0 Å². The van der Waals surface area contributed by atoms with Gasteiger partial charge in [0.1, 0.15) is 0 Å². The first-order valence-electron chi connectivity index (χ1n) is 7.69. The number of unbranched alkanes of at least 4 members (excludes halogenated alkanes) is 4. The van der Waals surface area contributed by atoms with E-state index in [4.69, 9.17) is 5.73 Å². The summed E-state index contributed by atoms with van der Waals surface area (Å²) in [6, 6.07) is 0. The first-order valence-corrected chi connectivity index (χ1v) is 7.69. The molecule has 0 aromatic heterocycles. The highest BCUT2D eigenvalue weighted by Gasteiger charge is 2.20. The van der Waals surface area contributed by atoms with Gasteiger partial charge < -0.3 is 10.6 Å². The fourth-order valence-corrected chi connectivity index (χ4v) is 2.14. The minimum absolute atomic E-state index is 0.0215. The predicted octanol–water partition coefficient (Wildman–Crippen LogP) is 3.18. The standard InChI is InChI=1S/C15H32N2O/c1-4-7-9-11-17(12-10-8-5-2)15(18)14(6-3)13-16/h14H,4-13,16H2,1-3H3. The Balaban J connectivity index is 4.27. The number of nitrogens with zero attached hydrogens (tertiary/aromatic N) is 1. The van der Waals surface area contributed by atoms with Crippen LogP contribution in [0.1, 0.15) is 65.7 Å². The molecule has 2 N–H and O–H groups in total. The molecule has 0 bridgehead atoms. The molecule has 0 saturated carbocycles. The Morgan fingerprint density at radius 1 is 1.00 bits per heavy atom. The lowest BCUT2D eigenvalue weighted by Gasteiger charge is -2.26. The van der Waals surface area contributed by atoms with Gasteiger partial charge in [0, 0.05) is 19.6 Å². The van der Waals surface area contributed by atoms with Crippen LogP contribution in [0, 0.1) is 5.92 Å². The highest BCUT2D eigenvalue weighted by molar-refractivity contribution is 5.79. The zero-order valence-electron chi connectivity index (χ0n) is 12.6. The lowest BCUT2D eigenvalue weighted by Crippen LogP contribution is -2.40. The molecule has 0 aliphatic rings. The quantitative estimate of drug-likeness (QED) is 0.577. The SMILES string of the molecule is CCCCCN(CCCCC)C(=O)C(CC)CN. The average molecular weight is 256 g/mol. The Kier molecular flexibility index (Phi) is 11.2. The summed E-state index contributed by atoms with van der Waals surface area (Å²) in [7, 11) is 0. The van der Waals surface area contributed by atoms with Crippen LogP contribution in [-0.2, 0) is 4.79 Å². The molecule has 0 aromatic carbocycles. The summed E-state index contributed by atoms with van der Waals surface area (Å²) in [5.41, 5.74) is 5.68. The molecule has 0 saturated heterocycles. The highest BCUT2D eigenvalue weighted by Crippen LogP contribution is 2.10. The van der Waals surface area contributed by atoms with E-state index in [9.17, 15) is 4.79 Å². The molecule has 0 radical (unpaired) electrons. The topological polar surface area (TPSA) is 46.3 Å². The molecule has 0 aliphatic carbocycles. The second-order valence-electron chi connectivity index (χ2n) is 5.08. The number of amides is 1. The van der Waals surface area contributed by atoms with Crippen LogP contribution >= 0.6 is 0 Å². The summed E-state index contributed by atoms with van der Waals surface area (Å²) < 4.78 is 0. The van der Waals surface area contributed by atoms with Gasteiger partial charge in [0.05, 0.1) is 5.92 Å². The van der Waals surface area contributed by atoms with Crippen molar-refractivity contribution in [3.63, 3.8) is 0 Å². The van der Waals surface area contributed by atoms with Gasteiger partial charge in [-0.05, 0) is 19.3 Å². The first kappa shape index (κ1) is 17.4. The molecule has 0 aromatic rings. The molecule has 18 heavy (non-hydrogen) atoms. The van der Waals surface area contributed by atoms with Gasteiger partial charge in [-0.3, -0.25) is 4.79 Å². The molecule has 108 valence electrons. The summed E-state index contributed by atoms with van der Waals surface area (Å²) in [5, 5.41) is 0. The van der Waals surface area contributed by atoms with Crippen LogP contribution in [0.2, 0.25) is 0 Å². The number of rotatable bonds is 11. The van der Waals surface area contributed by atoms with Gasteiger partial charge in [0.25, 0.3) is 0 Å². The summed E-state index contributed by atoms with van der Waals surface area (Å²) in [6.07, 6.45) is 7.91. The molecule has 1 unspecified atom stereocenters. The number of nitrogens with two attached hydrogens (primary N) is 1. The zero-order valence-corrected chi connectivity index (χ0v) is 12.6. The van der Waals surface area contributed by atoms with Crippen molar-refractivity contribution < 1.29 is 4.79 Å². The second-order valence-corrected chi connectivity index (χ2v) is 5.08. The molecule has 0 spiro atoms. The number of hydrogen-bond donors (Lipinski definition) is 1. The monoisotopic (exact) mass is 256 g/mol. The van der Waals surface area contributed by atoms with E-state index in [1.807, 2.05) is 11.8 Å². The largest absolute Gasteiger partial charge is 0.342 e. The van der Waals surface area contributed by atoms with E-state index in [1.165, 1.54) is 25.7 Å². The van der Waals surface area contributed by atoms with Gasteiger partial charge in [-0.1, -0.05) is 46.5 Å². The van der Waals surface area contributed by atoms with Gasteiger partial charge in [0.2, 0.25) is 5.91 Å². The van der Waals surface area contributed by atoms with E-state index in [-0.39, 0.29) is 11.8 Å². The fourth-order valence-electron chi connectivity index (χ4n) is 2.14. The van der Waals surface area contributed by atoms with Crippen molar-refractivity contribution in [3.05, 3.63) is 0 Å². The normalized spacial score (nSPS) is 12.4. The fraction of sp³-hybridized carbons (Fsp3) is 0.933. The molecule has 1 atom stereocenters. The van der Waals surface area contributed by atoms with Crippen LogP contribution in [0.5, 0.6) is 0 Å². The maximum absolute atomic E-state index is 12.3. The molecule has 0 aliphatic heterocycles. The lowest BCUT2D eigenvalue weighted by atomic mass is 10.0. The van der Waals surface area contributed by atoms with E-state index < -0.39 is 0 Å². The van der Waals surface area contributed by atoms with Gasteiger partial charge in [-0.25, -0.2) is 0 Å². The molecule has 0 rings (SSSR count). The van der Waals surface area contributed by atoms with Crippen molar-refractivity contribution in [1.29, 1.82) is 0 Å². The van der Waals surface area contributed by atoms with Crippen molar-refractivity contribution in [2.75, 3.05) is 19.6 Å². The van der Waals surface area contributed by atoms with Crippen LogP contribution in [0.3, 0.4) is 0 Å². The van der Waals surface area contributed by atoms with E-state index in [2.05, 4.69) is 13.8 Å². The Hall–Kier alpha value is -0.570. The van der Waals surface area contributed by atoms with E-state index in [0.717, 1.165) is 32.4 Å². The molecule has 3 nitrogen and oxygen atoms in total. The third kappa shape index (κ3) is 7.00. The Bertz CT molecular complexity index is 193. The van der Waals surface area contributed by atoms with Crippen LogP contribution in [-0.4, -0.2) is 30.4 Å². The summed E-state index contributed by atoms with van der Waals surface area (Å²) in [5.74, 6) is 0.292. The Labute approximate surface area is 113 Å². The van der Waals surface area contributed by atoms with Crippen molar-refractivity contribution >= 4 is 5.91 Å². The van der Waals surface area contributed by atoms with Crippen LogP contribution < -0.4 is 5.73 Å². The van der Waals surface area contributed by atoms with Gasteiger partial charge in [-0.15, -0.1) is 0 Å². The number of carbonyl (C=O) groups excluding carboxylic acids is 1. The summed E-state index contributed by atoms with van der Waals surface area (Å²) in [6.45, 7) is 8.73. The maximum Gasteiger partial charge on any atom is 0.226 e. The minimum atomic E-state index is 0.0215. The van der Waals surface area contributed by atoms with Gasteiger partial charge >= 0.3 is 0 Å². The van der Waals surface area contributed by atoms with Crippen molar-refractivity contribution in [2.24, 2.45) is 11.7 Å². The van der Waals surface area contributed by atoms with Crippen LogP contribution in [0.25, 0.3) is 0 Å². The smallest absolute Gasteiger partial charge is 0.226 e. The van der Waals surface area contributed by atoms with E-state index in [0.29, 0.717) is 6.54 Å².